The van der Waals surface area contributed by atoms with Gasteiger partial charge in [-0.25, -0.2) is 0 Å². The monoisotopic (exact) mass is 1320 g/mol. The van der Waals surface area contributed by atoms with E-state index in [9.17, 15) is 19.8 Å². The molecule has 0 saturated carbocycles. The normalized spacial score (nSPS) is 12.6. The number of amides is 1. The van der Waals surface area contributed by atoms with E-state index >= 15 is 0 Å². The molecule has 0 aliphatic heterocycles. The van der Waals surface area contributed by atoms with E-state index in [-0.39, 0.29) is 18.5 Å². The van der Waals surface area contributed by atoms with Crippen molar-refractivity contribution < 1.29 is 24.5 Å². The Hall–Kier alpha value is -1.92. The third-order valence-electron chi connectivity index (χ3n) is 20.4. The van der Waals surface area contributed by atoms with Crippen molar-refractivity contribution in [2.24, 2.45) is 0 Å². The number of esters is 1. The van der Waals surface area contributed by atoms with Crippen LogP contribution in [0.4, 0.5) is 0 Å². The molecule has 556 valence electrons. The Bertz CT molecular complexity index is 1520. The summed E-state index contributed by atoms with van der Waals surface area (Å²) in [6, 6.07) is -0.540. The van der Waals surface area contributed by atoms with E-state index in [0.29, 0.717) is 25.9 Å². The minimum absolute atomic E-state index is 0.00854. The summed E-state index contributed by atoms with van der Waals surface area (Å²) in [5, 5.41) is 23.5. The van der Waals surface area contributed by atoms with Crippen molar-refractivity contribution in [3.05, 3.63) is 36.5 Å². The van der Waals surface area contributed by atoms with Gasteiger partial charge in [0.25, 0.3) is 0 Å². The molecular formula is C88H169NO5. The zero-order valence-corrected chi connectivity index (χ0v) is 64.0. The lowest BCUT2D eigenvalue weighted by Crippen LogP contribution is -2.45. The lowest BCUT2D eigenvalue weighted by molar-refractivity contribution is -0.143. The van der Waals surface area contributed by atoms with E-state index in [1.165, 1.54) is 405 Å². The molecule has 0 spiro atoms. The van der Waals surface area contributed by atoms with Gasteiger partial charge in [0.2, 0.25) is 5.91 Å². The van der Waals surface area contributed by atoms with Crippen molar-refractivity contribution in [3.63, 3.8) is 0 Å². The Morgan fingerprint density at radius 2 is 0.543 bits per heavy atom. The fourth-order valence-electron chi connectivity index (χ4n) is 13.8. The highest BCUT2D eigenvalue weighted by Gasteiger charge is 2.20. The van der Waals surface area contributed by atoms with Crippen molar-refractivity contribution in [1.82, 2.24) is 5.32 Å². The van der Waals surface area contributed by atoms with Gasteiger partial charge in [-0.3, -0.25) is 9.59 Å². The quantitative estimate of drug-likeness (QED) is 0.0320. The molecule has 0 aromatic rings. The van der Waals surface area contributed by atoms with Gasteiger partial charge in [-0.1, -0.05) is 436 Å². The van der Waals surface area contributed by atoms with Crippen LogP contribution in [0.2, 0.25) is 0 Å². The molecule has 2 atom stereocenters. The number of nitrogens with one attached hydrogen (secondary N) is 1. The Labute approximate surface area is 589 Å². The number of aliphatic hydroxyl groups is 2. The summed E-state index contributed by atoms with van der Waals surface area (Å²) in [6.45, 7) is 4.96. The second-order valence-electron chi connectivity index (χ2n) is 29.9. The minimum Gasteiger partial charge on any atom is -0.466 e. The van der Waals surface area contributed by atoms with E-state index in [1.807, 2.05) is 0 Å². The fraction of sp³-hybridized carbons (Fsp3) is 0.909. The highest BCUT2D eigenvalue weighted by Crippen LogP contribution is 2.21. The van der Waals surface area contributed by atoms with Crippen LogP contribution in [0.15, 0.2) is 36.5 Å². The van der Waals surface area contributed by atoms with Crippen LogP contribution >= 0.6 is 0 Å². The topological polar surface area (TPSA) is 95.9 Å². The van der Waals surface area contributed by atoms with Crippen LogP contribution in [0.1, 0.15) is 489 Å². The summed E-state index contributed by atoms with van der Waals surface area (Å²) in [6.07, 6.45) is 110. The smallest absolute Gasteiger partial charge is 0.305 e. The molecule has 0 bridgehead atoms. The van der Waals surface area contributed by atoms with Crippen LogP contribution in [-0.2, 0) is 14.3 Å². The van der Waals surface area contributed by atoms with Crippen molar-refractivity contribution in [3.8, 4) is 0 Å². The lowest BCUT2D eigenvalue weighted by Gasteiger charge is -2.22. The third kappa shape index (κ3) is 79.1. The van der Waals surface area contributed by atoms with Crippen molar-refractivity contribution in [2.75, 3.05) is 13.2 Å². The molecule has 1 amide bonds. The highest BCUT2D eigenvalue weighted by molar-refractivity contribution is 5.76. The number of hydrogen-bond acceptors (Lipinski definition) is 5. The first-order chi connectivity index (χ1) is 46.5. The second kappa shape index (κ2) is 83.5. The van der Waals surface area contributed by atoms with Gasteiger partial charge in [-0.2, -0.15) is 0 Å². The predicted molar refractivity (Wildman–Crippen MR) is 416 cm³/mol. The van der Waals surface area contributed by atoms with E-state index in [4.69, 9.17) is 4.74 Å². The molecule has 2 unspecified atom stereocenters. The SMILES string of the molecule is CCCC/C=C\C/C=C\CCCCCCCC(=O)OCCCCCCCCCCCCCCCCCCCC/C=C\CCCCCCCCCCCCCCCCCCCC(=O)NC(CO)C(O)CCCCCCCCCCCCCCCCCCCCCCCCCC. The maximum absolute atomic E-state index is 12.6. The van der Waals surface area contributed by atoms with Crippen LogP contribution in [0.5, 0.6) is 0 Å². The van der Waals surface area contributed by atoms with Crippen LogP contribution in [0, 0.1) is 0 Å². The zero-order valence-electron chi connectivity index (χ0n) is 64.0. The van der Waals surface area contributed by atoms with Gasteiger partial charge in [-0.05, 0) is 77.0 Å². The number of rotatable bonds is 82. The van der Waals surface area contributed by atoms with Gasteiger partial charge in [-0.15, -0.1) is 0 Å². The fourth-order valence-corrected chi connectivity index (χ4v) is 13.8. The van der Waals surface area contributed by atoms with Crippen molar-refractivity contribution >= 4 is 11.9 Å². The minimum atomic E-state index is -0.663. The molecule has 6 nitrogen and oxygen atoms in total. The molecule has 0 aromatic heterocycles. The second-order valence-corrected chi connectivity index (χ2v) is 29.9. The number of hydrogen-bond donors (Lipinski definition) is 3. The molecule has 94 heavy (non-hydrogen) atoms. The molecule has 0 heterocycles. The van der Waals surface area contributed by atoms with Gasteiger partial charge < -0.3 is 20.3 Å². The third-order valence-corrected chi connectivity index (χ3v) is 20.4. The van der Waals surface area contributed by atoms with Gasteiger partial charge in [0.05, 0.1) is 25.4 Å². The van der Waals surface area contributed by atoms with Gasteiger partial charge >= 0.3 is 5.97 Å². The van der Waals surface area contributed by atoms with Crippen LogP contribution in [0.25, 0.3) is 0 Å². The lowest BCUT2D eigenvalue weighted by atomic mass is 10.0. The van der Waals surface area contributed by atoms with Gasteiger partial charge in [0.1, 0.15) is 0 Å². The molecule has 3 N–H and O–H groups in total. The Morgan fingerprint density at radius 3 is 0.851 bits per heavy atom. The summed E-state index contributed by atoms with van der Waals surface area (Å²) in [7, 11) is 0. The zero-order chi connectivity index (χ0) is 67.7. The predicted octanol–water partition coefficient (Wildman–Crippen LogP) is 28.9. The molecule has 0 radical (unpaired) electrons. The van der Waals surface area contributed by atoms with E-state index in [2.05, 4.69) is 55.6 Å². The largest absolute Gasteiger partial charge is 0.466 e. The number of aliphatic hydroxyl groups excluding tert-OH is 2. The molecule has 0 aromatic carbocycles. The number of carbonyl (C=O) groups excluding carboxylic acids is 2. The average Bonchev–Trinajstić information content (AvgIpc) is 3.59. The van der Waals surface area contributed by atoms with E-state index < -0.39 is 12.1 Å². The molecular weight excluding hydrogens is 1150 g/mol. The first-order valence-electron chi connectivity index (χ1n) is 43.2. The highest BCUT2D eigenvalue weighted by atomic mass is 16.5. The van der Waals surface area contributed by atoms with Crippen molar-refractivity contribution in [1.29, 1.82) is 0 Å². The van der Waals surface area contributed by atoms with Crippen LogP contribution in [0.3, 0.4) is 0 Å². The number of carbonyl (C=O) groups is 2. The number of ether oxygens (including phenoxy) is 1. The summed E-state index contributed by atoms with van der Waals surface area (Å²) in [5.41, 5.74) is 0. The molecule has 0 fully saturated rings. The maximum atomic E-state index is 12.6. The van der Waals surface area contributed by atoms with E-state index in [0.717, 1.165) is 51.4 Å². The standard InChI is InChI=1S/C88H169NO5/c1-3-5-7-9-11-13-15-17-19-20-21-22-23-41-44-47-50-53-56-60-64-68-72-76-80-86(91)85(84-90)89-87(92)81-77-73-69-65-61-57-54-51-48-45-42-39-37-35-33-31-29-27-25-24-26-28-30-32-34-36-38-40-43-46-49-52-55-59-63-67-71-75-79-83-94-88(93)82-78-74-70-66-62-58-18-16-14-12-10-8-6-4-2/h10,12,16,18,24-25,85-86,90-91H,3-9,11,13-15,17,19-23,26-84H2,1-2H3,(H,89,92)/b12-10-,18-16-,25-24-. The summed E-state index contributed by atoms with van der Waals surface area (Å²) >= 11 is 0. The van der Waals surface area contributed by atoms with Crippen LogP contribution < -0.4 is 5.32 Å². The van der Waals surface area contributed by atoms with Crippen LogP contribution in [-0.4, -0.2) is 47.4 Å². The summed E-state index contributed by atoms with van der Waals surface area (Å²) < 4.78 is 5.49. The summed E-state index contributed by atoms with van der Waals surface area (Å²) in [4.78, 5) is 24.7. The first kappa shape index (κ1) is 92.1. The van der Waals surface area contributed by atoms with Gasteiger partial charge in [0.15, 0.2) is 0 Å². The van der Waals surface area contributed by atoms with Crippen molar-refractivity contribution in [2.45, 2.75) is 501 Å². The molecule has 0 aliphatic rings. The Morgan fingerprint density at radius 1 is 0.298 bits per heavy atom. The molecule has 0 aliphatic carbocycles. The number of unbranched alkanes of at least 4 members (excludes halogenated alkanes) is 65. The molecule has 0 rings (SSSR count). The average molecular weight is 1320 g/mol. The number of allylic oxidation sites excluding steroid dienone is 6. The molecule has 0 saturated heterocycles. The summed E-state index contributed by atoms with van der Waals surface area (Å²) in [5.74, 6) is -0.0160. The Kier molecular flexibility index (Phi) is 81.8. The van der Waals surface area contributed by atoms with Gasteiger partial charge in [0, 0.05) is 12.8 Å². The Balaban J connectivity index is 3.33. The first-order valence-corrected chi connectivity index (χ1v) is 43.2. The molecule has 6 heteroatoms. The van der Waals surface area contributed by atoms with E-state index in [1.54, 1.807) is 0 Å². The maximum Gasteiger partial charge on any atom is 0.305 e.